The van der Waals surface area contributed by atoms with E-state index in [1.54, 1.807) is 0 Å². The van der Waals surface area contributed by atoms with Crippen molar-refractivity contribution in [3.05, 3.63) is 170 Å². The smallest absolute Gasteiger partial charge is 0.160 e. The fourth-order valence-electron chi connectivity index (χ4n) is 6.11. The van der Waals surface area contributed by atoms with E-state index in [0.29, 0.717) is 5.82 Å². The van der Waals surface area contributed by atoms with Crippen molar-refractivity contribution in [3.8, 4) is 56.2 Å². The van der Waals surface area contributed by atoms with Crippen LogP contribution in [0.5, 0.6) is 0 Å². The van der Waals surface area contributed by atoms with Gasteiger partial charge in [-0.05, 0) is 62.0 Å². The van der Waals surface area contributed by atoms with Gasteiger partial charge in [-0.1, -0.05) is 152 Å². The Morgan fingerprint density at radius 1 is 0.295 bits per heavy atom. The molecule has 0 amide bonds. The van der Waals surface area contributed by atoms with E-state index in [1.165, 1.54) is 43.8 Å². The highest BCUT2D eigenvalue weighted by Gasteiger charge is 2.13. The second kappa shape index (κ2) is 11.1. The highest BCUT2D eigenvalue weighted by molar-refractivity contribution is 5.98. The van der Waals surface area contributed by atoms with Crippen molar-refractivity contribution in [2.45, 2.75) is 0 Å². The molecule has 44 heavy (non-hydrogen) atoms. The van der Waals surface area contributed by atoms with Gasteiger partial charge in [-0.25, -0.2) is 9.97 Å². The third-order valence-corrected chi connectivity index (χ3v) is 8.28. The average Bonchev–Trinajstić information content (AvgIpc) is 3.11. The summed E-state index contributed by atoms with van der Waals surface area (Å²) in [6.07, 6.45) is 0. The van der Waals surface area contributed by atoms with Crippen LogP contribution in [-0.2, 0) is 0 Å². The van der Waals surface area contributed by atoms with Gasteiger partial charge in [-0.15, -0.1) is 0 Å². The molecule has 8 rings (SSSR count). The van der Waals surface area contributed by atoms with Crippen LogP contribution >= 0.6 is 0 Å². The number of benzene rings is 7. The maximum atomic E-state index is 5.11. The van der Waals surface area contributed by atoms with Crippen molar-refractivity contribution in [1.82, 2.24) is 9.97 Å². The molecule has 0 fully saturated rings. The second-order valence-corrected chi connectivity index (χ2v) is 11.0. The van der Waals surface area contributed by atoms with Gasteiger partial charge in [-0.3, -0.25) is 0 Å². The quantitative estimate of drug-likeness (QED) is 0.209. The summed E-state index contributed by atoms with van der Waals surface area (Å²) in [5.74, 6) is 0.712. The Kier molecular flexibility index (Phi) is 6.51. The predicted molar refractivity (Wildman–Crippen MR) is 184 cm³/mol. The lowest BCUT2D eigenvalue weighted by atomic mass is 9.95. The number of hydrogen-bond donors (Lipinski definition) is 0. The summed E-state index contributed by atoms with van der Waals surface area (Å²) in [5.41, 5.74) is 9.65. The van der Waals surface area contributed by atoms with Crippen molar-refractivity contribution >= 4 is 21.5 Å². The second-order valence-electron chi connectivity index (χ2n) is 11.0. The van der Waals surface area contributed by atoms with Crippen LogP contribution in [0.2, 0.25) is 0 Å². The van der Waals surface area contributed by atoms with Gasteiger partial charge in [0.25, 0.3) is 0 Å². The minimum atomic E-state index is 0.712. The fraction of sp³-hybridized carbons (Fsp3) is 0. The van der Waals surface area contributed by atoms with E-state index < -0.39 is 0 Å². The van der Waals surface area contributed by atoms with Gasteiger partial charge in [-0.2, -0.15) is 0 Å². The molecule has 7 aromatic carbocycles. The van der Waals surface area contributed by atoms with Crippen LogP contribution in [-0.4, -0.2) is 9.97 Å². The normalized spacial score (nSPS) is 11.2. The van der Waals surface area contributed by atoms with Gasteiger partial charge in [0.2, 0.25) is 0 Å². The zero-order valence-corrected chi connectivity index (χ0v) is 24.1. The summed E-state index contributed by atoms with van der Waals surface area (Å²) >= 11 is 0. The molecule has 0 unspecified atom stereocenters. The third kappa shape index (κ3) is 4.83. The van der Waals surface area contributed by atoms with Gasteiger partial charge in [0.05, 0.1) is 11.4 Å². The first-order valence-corrected chi connectivity index (χ1v) is 14.9. The van der Waals surface area contributed by atoms with Crippen LogP contribution in [0.1, 0.15) is 0 Å². The molecule has 0 radical (unpaired) electrons. The van der Waals surface area contributed by atoms with Crippen LogP contribution in [0.15, 0.2) is 170 Å². The molecule has 0 aliphatic heterocycles. The van der Waals surface area contributed by atoms with E-state index in [-0.39, 0.29) is 0 Å². The molecule has 0 spiro atoms. The van der Waals surface area contributed by atoms with Crippen molar-refractivity contribution < 1.29 is 0 Å². The van der Waals surface area contributed by atoms with Gasteiger partial charge in [0.1, 0.15) is 0 Å². The first kappa shape index (κ1) is 25.8. The van der Waals surface area contributed by atoms with E-state index in [0.717, 1.165) is 28.1 Å². The zero-order chi connectivity index (χ0) is 29.3. The Labute approximate surface area is 257 Å². The molecule has 206 valence electrons. The Morgan fingerprint density at radius 2 is 0.705 bits per heavy atom. The molecule has 0 saturated heterocycles. The fourth-order valence-corrected chi connectivity index (χ4v) is 6.11. The summed E-state index contributed by atoms with van der Waals surface area (Å²) in [4.78, 5) is 10.2. The van der Waals surface area contributed by atoms with Gasteiger partial charge in [0.15, 0.2) is 5.82 Å². The minimum absolute atomic E-state index is 0.712. The largest absolute Gasteiger partial charge is 0.228 e. The Morgan fingerprint density at radius 3 is 1.25 bits per heavy atom. The molecule has 2 heteroatoms. The zero-order valence-electron chi connectivity index (χ0n) is 24.1. The van der Waals surface area contributed by atoms with E-state index >= 15 is 0 Å². The molecule has 0 atom stereocenters. The predicted octanol–water partition coefficient (Wildman–Crippen LogP) is 11.1. The third-order valence-electron chi connectivity index (χ3n) is 8.28. The topological polar surface area (TPSA) is 25.8 Å². The van der Waals surface area contributed by atoms with E-state index in [4.69, 9.17) is 9.97 Å². The van der Waals surface area contributed by atoms with Crippen LogP contribution in [0.3, 0.4) is 0 Å². The first-order chi connectivity index (χ1) is 21.8. The molecule has 0 bridgehead atoms. The number of aromatic nitrogens is 2. The molecule has 1 aromatic heterocycles. The van der Waals surface area contributed by atoms with Crippen molar-refractivity contribution in [2.24, 2.45) is 0 Å². The van der Waals surface area contributed by atoms with E-state index in [9.17, 15) is 0 Å². The molecule has 0 aliphatic rings. The Bertz CT molecular complexity index is 2130. The Balaban J connectivity index is 1.28. The molecule has 0 saturated carbocycles. The number of nitrogens with zero attached hydrogens (tertiary/aromatic N) is 2. The lowest BCUT2D eigenvalue weighted by Crippen LogP contribution is -1.96. The lowest BCUT2D eigenvalue weighted by molar-refractivity contribution is 1.18. The van der Waals surface area contributed by atoms with Crippen molar-refractivity contribution in [1.29, 1.82) is 0 Å². The average molecular weight is 561 g/mol. The summed E-state index contributed by atoms with van der Waals surface area (Å²) < 4.78 is 0. The molecular formula is C42H28N2. The number of fused-ring (bicyclic) bond motifs is 2. The molecule has 8 aromatic rings. The lowest BCUT2D eigenvalue weighted by Gasteiger charge is -2.13. The molecule has 2 nitrogen and oxygen atoms in total. The van der Waals surface area contributed by atoms with Gasteiger partial charge >= 0.3 is 0 Å². The number of hydrogen-bond acceptors (Lipinski definition) is 2. The van der Waals surface area contributed by atoms with Crippen molar-refractivity contribution in [3.63, 3.8) is 0 Å². The minimum Gasteiger partial charge on any atom is -0.228 e. The molecular weight excluding hydrogens is 532 g/mol. The van der Waals surface area contributed by atoms with Gasteiger partial charge in [0, 0.05) is 16.7 Å². The van der Waals surface area contributed by atoms with Crippen LogP contribution in [0, 0.1) is 0 Å². The molecule has 0 N–H and O–H groups in total. The van der Waals surface area contributed by atoms with E-state index in [2.05, 4.69) is 152 Å². The highest BCUT2D eigenvalue weighted by Crippen LogP contribution is 2.35. The summed E-state index contributed by atoms with van der Waals surface area (Å²) in [7, 11) is 0. The number of rotatable bonds is 5. The van der Waals surface area contributed by atoms with Gasteiger partial charge < -0.3 is 0 Å². The van der Waals surface area contributed by atoms with Crippen LogP contribution in [0.4, 0.5) is 0 Å². The molecule has 1 heterocycles. The monoisotopic (exact) mass is 560 g/mol. The van der Waals surface area contributed by atoms with Crippen LogP contribution in [0.25, 0.3) is 77.7 Å². The van der Waals surface area contributed by atoms with Crippen molar-refractivity contribution in [2.75, 3.05) is 0 Å². The maximum Gasteiger partial charge on any atom is 0.160 e. The molecule has 0 aliphatic carbocycles. The maximum absolute atomic E-state index is 5.11. The SMILES string of the molecule is c1ccc(-c2nc(-c3cccc(-c4cccc5ccccc45)c3)cc(-c3cccc(-c4cccc5ccccc45)c3)n2)cc1. The highest BCUT2D eigenvalue weighted by atomic mass is 14.9. The first-order valence-electron chi connectivity index (χ1n) is 14.9. The van der Waals surface area contributed by atoms with Crippen LogP contribution < -0.4 is 0 Å². The summed E-state index contributed by atoms with van der Waals surface area (Å²) in [6.45, 7) is 0. The Hall–Kier alpha value is -5.86. The van der Waals surface area contributed by atoms with E-state index in [1.807, 2.05) is 18.2 Å². The summed E-state index contributed by atoms with van der Waals surface area (Å²) in [5, 5.41) is 4.95. The standard InChI is InChI=1S/C42H28N2/c1-2-14-31(15-3-1)42-43-40(34-20-8-18-32(26-34)38-24-10-16-29-12-4-6-22-36(29)38)28-41(44-42)35-21-9-19-33(27-35)39-25-11-17-30-13-5-7-23-37(30)39/h1-28H. The summed E-state index contributed by atoms with van der Waals surface area (Å²) in [6, 6.07) is 59.8.